The first kappa shape index (κ1) is 16.3. The lowest BCUT2D eigenvalue weighted by molar-refractivity contribution is 0.413. The highest BCUT2D eigenvalue weighted by molar-refractivity contribution is 6.05. The van der Waals surface area contributed by atoms with E-state index in [0.29, 0.717) is 28.3 Å². The summed E-state index contributed by atoms with van der Waals surface area (Å²) in [6.07, 6.45) is 3.13. The molecule has 3 aromatic rings. The zero-order chi connectivity index (χ0) is 17.8. The molecule has 0 atom stereocenters. The number of nitrogens with one attached hydrogen (secondary N) is 1. The van der Waals surface area contributed by atoms with Gasteiger partial charge in [0.2, 0.25) is 0 Å². The molecule has 0 radical (unpaired) electrons. The summed E-state index contributed by atoms with van der Waals surface area (Å²) >= 11 is 0. The number of methoxy groups -OCH3 is 1. The maximum Gasteiger partial charge on any atom is 0.127 e. The van der Waals surface area contributed by atoms with Crippen molar-refractivity contribution in [3.8, 4) is 28.4 Å². The van der Waals surface area contributed by atoms with Crippen LogP contribution in [0.5, 0.6) is 17.2 Å². The molecular formula is C19H18N4O2. The van der Waals surface area contributed by atoms with E-state index in [0.717, 1.165) is 11.3 Å². The number of anilines is 1. The van der Waals surface area contributed by atoms with E-state index in [1.54, 1.807) is 13.3 Å². The molecular weight excluding hydrogens is 316 g/mol. The van der Waals surface area contributed by atoms with Gasteiger partial charge in [-0.25, -0.2) is 0 Å². The van der Waals surface area contributed by atoms with Crippen LogP contribution < -0.4 is 20.9 Å². The van der Waals surface area contributed by atoms with E-state index >= 15 is 0 Å². The molecule has 0 aliphatic carbocycles. The van der Waals surface area contributed by atoms with Crippen LogP contribution >= 0.6 is 0 Å². The Bertz CT molecular complexity index is 890. The second kappa shape index (κ2) is 6.92. The van der Waals surface area contributed by atoms with E-state index in [-0.39, 0.29) is 5.84 Å². The van der Waals surface area contributed by atoms with Crippen LogP contribution in [0, 0.1) is 5.41 Å². The van der Waals surface area contributed by atoms with Gasteiger partial charge in [0.05, 0.1) is 19.0 Å². The highest BCUT2D eigenvalue weighted by atomic mass is 16.5. The Morgan fingerprint density at radius 1 is 0.920 bits per heavy atom. The van der Waals surface area contributed by atoms with Gasteiger partial charge in [0.1, 0.15) is 23.1 Å². The standard InChI is InChI=1S/C19H18N4O2/c1-24-13-6-8-15(9-7-13)25-14-4-2-12(3-5-14)16-10-23-11-17(20)18(16)19(21)22/h2-11H,20H2,1H3,(H3,21,22). The summed E-state index contributed by atoms with van der Waals surface area (Å²) in [5.41, 5.74) is 14.0. The van der Waals surface area contributed by atoms with E-state index in [9.17, 15) is 0 Å². The topological polar surface area (TPSA) is 107 Å². The Hall–Kier alpha value is -3.54. The molecule has 0 saturated carbocycles. The molecule has 0 saturated heterocycles. The number of ether oxygens (including phenoxy) is 2. The smallest absolute Gasteiger partial charge is 0.127 e. The first-order chi connectivity index (χ1) is 12.1. The Kier molecular flexibility index (Phi) is 4.52. The summed E-state index contributed by atoms with van der Waals surface area (Å²) in [6, 6.07) is 14.8. The van der Waals surface area contributed by atoms with Crippen molar-refractivity contribution in [2.24, 2.45) is 5.73 Å². The van der Waals surface area contributed by atoms with Gasteiger partial charge < -0.3 is 20.9 Å². The number of hydrogen-bond donors (Lipinski definition) is 3. The van der Waals surface area contributed by atoms with Crippen molar-refractivity contribution >= 4 is 11.5 Å². The molecule has 126 valence electrons. The maximum absolute atomic E-state index is 7.73. The largest absolute Gasteiger partial charge is 0.497 e. The summed E-state index contributed by atoms with van der Waals surface area (Å²) in [5, 5.41) is 7.73. The number of benzene rings is 2. The van der Waals surface area contributed by atoms with Gasteiger partial charge in [0.25, 0.3) is 0 Å². The molecule has 0 aliphatic rings. The number of pyridine rings is 1. The Morgan fingerprint density at radius 3 is 2.04 bits per heavy atom. The fourth-order valence-electron chi connectivity index (χ4n) is 2.48. The molecule has 25 heavy (non-hydrogen) atoms. The van der Waals surface area contributed by atoms with Crippen molar-refractivity contribution in [2.75, 3.05) is 12.8 Å². The van der Waals surface area contributed by atoms with E-state index in [2.05, 4.69) is 4.98 Å². The number of amidine groups is 1. The molecule has 0 amide bonds. The molecule has 0 bridgehead atoms. The molecule has 2 aromatic carbocycles. The van der Waals surface area contributed by atoms with Crippen LogP contribution in [-0.4, -0.2) is 17.9 Å². The highest BCUT2D eigenvalue weighted by Crippen LogP contribution is 2.30. The second-order valence-electron chi connectivity index (χ2n) is 5.37. The first-order valence-corrected chi connectivity index (χ1v) is 7.58. The summed E-state index contributed by atoms with van der Waals surface area (Å²) in [6.45, 7) is 0. The van der Waals surface area contributed by atoms with E-state index in [1.165, 1.54) is 6.20 Å². The van der Waals surface area contributed by atoms with Gasteiger partial charge in [-0.05, 0) is 42.0 Å². The zero-order valence-electron chi connectivity index (χ0n) is 13.7. The van der Waals surface area contributed by atoms with Gasteiger partial charge in [-0.3, -0.25) is 10.4 Å². The number of hydrogen-bond acceptors (Lipinski definition) is 5. The van der Waals surface area contributed by atoms with Gasteiger partial charge in [-0.2, -0.15) is 0 Å². The van der Waals surface area contributed by atoms with Crippen LogP contribution in [0.25, 0.3) is 11.1 Å². The Morgan fingerprint density at radius 2 is 1.48 bits per heavy atom. The van der Waals surface area contributed by atoms with Crippen LogP contribution in [0.1, 0.15) is 5.56 Å². The molecule has 1 aromatic heterocycles. The number of aromatic nitrogens is 1. The molecule has 6 nitrogen and oxygen atoms in total. The Labute approximate surface area is 145 Å². The fourth-order valence-corrected chi connectivity index (χ4v) is 2.48. The maximum atomic E-state index is 7.73. The average Bonchev–Trinajstić information content (AvgIpc) is 2.62. The minimum Gasteiger partial charge on any atom is -0.497 e. The molecule has 0 aliphatic heterocycles. The van der Waals surface area contributed by atoms with Gasteiger partial charge >= 0.3 is 0 Å². The van der Waals surface area contributed by atoms with Crippen LogP contribution in [0.4, 0.5) is 5.69 Å². The number of nitrogen functional groups attached to an aromatic ring is 2. The first-order valence-electron chi connectivity index (χ1n) is 7.58. The SMILES string of the molecule is COc1ccc(Oc2ccc(-c3cncc(N)c3C(=N)N)cc2)cc1. The number of nitrogens with two attached hydrogens (primary N) is 2. The van der Waals surface area contributed by atoms with E-state index in [4.69, 9.17) is 26.4 Å². The van der Waals surface area contributed by atoms with Crippen molar-refractivity contribution in [3.63, 3.8) is 0 Å². The average molecular weight is 334 g/mol. The predicted molar refractivity (Wildman–Crippen MR) is 98.2 cm³/mol. The lowest BCUT2D eigenvalue weighted by atomic mass is 10.00. The minimum absolute atomic E-state index is 0.0894. The fraction of sp³-hybridized carbons (Fsp3) is 0.0526. The minimum atomic E-state index is -0.0894. The third-order valence-electron chi connectivity index (χ3n) is 3.71. The monoisotopic (exact) mass is 334 g/mol. The third kappa shape index (κ3) is 3.53. The summed E-state index contributed by atoms with van der Waals surface area (Å²) in [4.78, 5) is 4.09. The Balaban J connectivity index is 1.85. The van der Waals surface area contributed by atoms with Crippen molar-refractivity contribution in [3.05, 3.63) is 66.5 Å². The van der Waals surface area contributed by atoms with Crippen molar-refractivity contribution in [1.82, 2.24) is 4.98 Å². The quantitative estimate of drug-likeness (QED) is 0.489. The normalized spacial score (nSPS) is 10.3. The molecule has 1 heterocycles. The van der Waals surface area contributed by atoms with Gasteiger partial charge in [-0.15, -0.1) is 0 Å². The third-order valence-corrected chi connectivity index (χ3v) is 3.71. The molecule has 5 N–H and O–H groups in total. The number of nitrogens with zero attached hydrogens (tertiary/aromatic N) is 1. The molecule has 3 rings (SSSR count). The highest BCUT2D eigenvalue weighted by Gasteiger charge is 2.12. The molecule has 0 spiro atoms. The van der Waals surface area contributed by atoms with Gasteiger partial charge in [0, 0.05) is 17.3 Å². The van der Waals surface area contributed by atoms with E-state index < -0.39 is 0 Å². The summed E-state index contributed by atoms with van der Waals surface area (Å²) < 4.78 is 10.9. The van der Waals surface area contributed by atoms with Crippen LogP contribution in [0.15, 0.2) is 60.9 Å². The molecule has 0 unspecified atom stereocenters. The molecule has 0 fully saturated rings. The lowest BCUT2D eigenvalue weighted by Gasteiger charge is -2.11. The van der Waals surface area contributed by atoms with Gasteiger partial charge in [-0.1, -0.05) is 12.1 Å². The van der Waals surface area contributed by atoms with Crippen LogP contribution in [0.3, 0.4) is 0 Å². The zero-order valence-corrected chi connectivity index (χ0v) is 13.7. The second-order valence-corrected chi connectivity index (χ2v) is 5.37. The van der Waals surface area contributed by atoms with Crippen molar-refractivity contribution in [2.45, 2.75) is 0 Å². The predicted octanol–water partition coefficient (Wildman–Crippen LogP) is 3.42. The van der Waals surface area contributed by atoms with Crippen LogP contribution in [0.2, 0.25) is 0 Å². The van der Waals surface area contributed by atoms with E-state index in [1.807, 2.05) is 48.5 Å². The summed E-state index contributed by atoms with van der Waals surface area (Å²) in [5.74, 6) is 2.08. The van der Waals surface area contributed by atoms with Gasteiger partial charge in [0.15, 0.2) is 0 Å². The number of rotatable bonds is 5. The van der Waals surface area contributed by atoms with Crippen LogP contribution in [-0.2, 0) is 0 Å². The lowest BCUT2D eigenvalue weighted by Crippen LogP contribution is -2.15. The molecule has 6 heteroatoms. The van der Waals surface area contributed by atoms with Crippen molar-refractivity contribution in [1.29, 1.82) is 5.41 Å². The van der Waals surface area contributed by atoms with Crippen molar-refractivity contribution < 1.29 is 9.47 Å². The summed E-state index contributed by atoms with van der Waals surface area (Å²) in [7, 11) is 1.62.